The fourth-order valence-electron chi connectivity index (χ4n) is 3.70. The highest BCUT2D eigenvalue weighted by Gasteiger charge is 2.21. The van der Waals surface area contributed by atoms with Gasteiger partial charge in [-0.15, -0.1) is 0 Å². The molecule has 0 saturated heterocycles. The molecule has 170 valence electrons. The van der Waals surface area contributed by atoms with Gasteiger partial charge in [0.05, 0.1) is 11.1 Å². The summed E-state index contributed by atoms with van der Waals surface area (Å²) >= 11 is 0. The summed E-state index contributed by atoms with van der Waals surface area (Å²) in [7, 11) is 0. The van der Waals surface area contributed by atoms with Crippen LogP contribution in [0.5, 0.6) is 0 Å². The number of carboxylic acid groups (broad SMARTS) is 1. The number of carbonyl (C=O) groups excluding carboxylic acids is 1. The van der Waals surface area contributed by atoms with Gasteiger partial charge in [0, 0.05) is 0 Å². The number of ether oxygens (including phenoxy) is 1. The predicted molar refractivity (Wildman–Crippen MR) is 123 cm³/mol. The topological polar surface area (TPSA) is 63.6 Å². The van der Waals surface area contributed by atoms with E-state index in [1.54, 1.807) is 12.1 Å². The Morgan fingerprint density at radius 2 is 1.17 bits per heavy atom. The average Bonchev–Trinajstić information content (AvgIpc) is 2.69. The molecule has 30 heavy (non-hydrogen) atoms. The maximum absolute atomic E-state index is 12.7. The normalized spacial score (nSPS) is 12.3. The molecule has 4 nitrogen and oxygen atoms in total. The Labute approximate surface area is 183 Å². The van der Waals surface area contributed by atoms with Crippen LogP contribution < -0.4 is 0 Å². The van der Waals surface area contributed by atoms with Crippen molar-refractivity contribution in [2.45, 2.75) is 104 Å². The third-order valence-corrected chi connectivity index (χ3v) is 5.52. The molecule has 1 aromatic rings. The Morgan fingerprint density at radius 1 is 0.733 bits per heavy atom. The minimum atomic E-state index is -1.10. The zero-order valence-corrected chi connectivity index (χ0v) is 19.5. The molecule has 0 amide bonds. The van der Waals surface area contributed by atoms with Crippen molar-refractivity contribution in [1.82, 2.24) is 0 Å². The SMILES string of the molecule is CC(C)CCCCCCC(CCCCCC(C)C)OC(=O)c1ccccc1C(=O)O. The molecule has 4 heteroatoms. The summed E-state index contributed by atoms with van der Waals surface area (Å²) in [6.07, 6.45) is 12.1. The monoisotopic (exact) mass is 418 g/mol. The third kappa shape index (κ3) is 11.4. The van der Waals surface area contributed by atoms with Gasteiger partial charge in [-0.25, -0.2) is 9.59 Å². The molecule has 1 unspecified atom stereocenters. The van der Waals surface area contributed by atoms with Gasteiger partial charge in [-0.2, -0.15) is 0 Å². The number of unbranched alkanes of at least 4 members (excludes halogenated alkanes) is 5. The van der Waals surface area contributed by atoms with Gasteiger partial charge in [0.25, 0.3) is 0 Å². The van der Waals surface area contributed by atoms with Gasteiger partial charge in [0.1, 0.15) is 6.10 Å². The number of aromatic carboxylic acids is 1. The van der Waals surface area contributed by atoms with E-state index in [0.29, 0.717) is 0 Å². The Hall–Kier alpha value is -1.84. The molecule has 1 atom stereocenters. The average molecular weight is 419 g/mol. The summed E-state index contributed by atoms with van der Waals surface area (Å²) in [6, 6.07) is 6.30. The Bertz CT molecular complexity index is 621. The predicted octanol–water partition coefficient (Wildman–Crippen LogP) is 7.51. The standard InChI is InChI=1S/C26H42O4/c1-20(2)14-8-5-6-10-16-22(17-11-7-9-15-21(3)4)30-26(29)24-19-13-12-18-23(24)25(27)28/h12-13,18-22H,5-11,14-17H2,1-4H3,(H,27,28). The first-order chi connectivity index (χ1) is 14.3. The number of benzene rings is 1. The second kappa shape index (κ2) is 15.0. The van der Waals surface area contributed by atoms with Crippen molar-refractivity contribution in [2.75, 3.05) is 0 Å². The van der Waals surface area contributed by atoms with Crippen LogP contribution in [0.15, 0.2) is 24.3 Å². The van der Waals surface area contributed by atoms with Crippen molar-refractivity contribution in [3.63, 3.8) is 0 Å². The van der Waals surface area contributed by atoms with E-state index in [2.05, 4.69) is 27.7 Å². The van der Waals surface area contributed by atoms with E-state index < -0.39 is 11.9 Å². The molecular formula is C26H42O4. The Morgan fingerprint density at radius 3 is 1.63 bits per heavy atom. The van der Waals surface area contributed by atoms with Crippen LogP contribution >= 0.6 is 0 Å². The molecule has 0 radical (unpaired) electrons. The molecule has 0 fully saturated rings. The van der Waals surface area contributed by atoms with Crippen LogP contribution in [0.4, 0.5) is 0 Å². The van der Waals surface area contributed by atoms with Crippen LogP contribution in [-0.2, 0) is 4.74 Å². The third-order valence-electron chi connectivity index (χ3n) is 5.52. The van der Waals surface area contributed by atoms with Crippen LogP contribution in [0.2, 0.25) is 0 Å². The molecule has 1 rings (SSSR count). The Balaban J connectivity index is 2.58. The smallest absolute Gasteiger partial charge is 0.339 e. The van der Waals surface area contributed by atoms with Crippen LogP contribution in [-0.4, -0.2) is 23.1 Å². The van der Waals surface area contributed by atoms with E-state index in [-0.39, 0.29) is 17.2 Å². The van der Waals surface area contributed by atoms with Crippen molar-refractivity contribution < 1.29 is 19.4 Å². The maximum Gasteiger partial charge on any atom is 0.339 e. The van der Waals surface area contributed by atoms with E-state index >= 15 is 0 Å². The molecule has 0 aliphatic heterocycles. The molecule has 0 spiro atoms. The second-order valence-corrected chi connectivity index (χ2v) is 9.30. The number of esters is 1. The lowest BCUT2D eigenvalue weighted by atomic mass is 9.99. The summed E-state index contributed by atoms with van der Waals surface area (Å²) in [5.41, 5.74) is 0.151. The van der Waals surface area contributed by atoms with E-state index in [1.165, 1.54) is 44.2 Å². The van der Waals surface area contributed by atoms with Gasteiger partial charge in [0.15, 0.2) is 0 Å². The molecule has 0 bridgehead atoms. The lowest BCUT2D eigenvalue weighted by molar-refractivity contribution is 0.0244. The van der Waals surface area contributed by atoms with Crippen molar-refractivity contribution in [2.24, 2.45) is 11.8 Å². The van der Waals surface area contributed by atoms with E-state index in [0.717, 1.165) is 50.4 Å². The molecule has 0 saturated carbocycles. The first kappa shape index (κ1) is 26.2. The number of hydrogen-bond donors (Lipinski definition) is 1. The molecule has 1 N–H and O–H groups in total. The minimum absolute atomic E-state index is 0.00636. The molecule has 0 aliphatic rings. The quantitative estimate of drug-likeness (QED) is 0.223. The highest BCUT2D eigenvalue weighted by Crippen LogP contribution is 2.20. The van der Waals surface area contributed by atoms with Crippen LogP contribution in [0.3, 0.4) is 0 Å². The van der Waals surface area contributed by atoms with Gasteiger partial charge in [-0.05, 0) is 49.7 Å². The molecule has 0 aromatic heterocycles. The highest BCUT2D eigenvalue weighted by atomic mass is 16.5. The van der Waals surface area contributed by atoms with Gasteiger partial charge < -0.3 is 9.84 Å². The molecular weight excluding hydrogens is 376 g/mol. The summed E-state index contributed by atoms with van der Waals surface area (Å²) in [5, 5.41) is 9.35. The first-order valence-electron chi connectivity index (χ1n) is 11.8. The van der Waals surface area contributed by atoms with Gasteiger partial charge in [-0.3, -0.25) is 0 Å². The fourth-order valence-corrected chi connectivity index (χ4v) is 3.70. The minimum Gasteiger partial charge on any atom is -0.478 e. The molecule has 0 aliphatic carbocycles. The van der Waals surface area contributed by atoms with Crippen LogP contribution in [0.1, 0.15) is 119 Å². The van der Waals surface area contributed by atoms with Gasteiger partial charge in [0.2, 0.25) is 0 Å². The zero-order chi connectivity index (χ0) is 22.4. The largest absolute Gasteiger partial charge is 0.478 e. The summed E-state index contributed by atoms with van der Waals surface area (Å²) < 4.78 is 5.80. The highest BCUT2D eigenvalue weighted by molar-refractivity contribution is 6.02. The second-order valence-electron chi connectivity index (χ2n) is 9.30. The first-order valence-corrected chi connectivity index (χ1v) is 11.8. The van der Waals surface area contributed by atoms with E-state index in [4.69, 9.17) is 4.74 Å². The molecule has 0 heterocycles. The Kier molecular flexibility index (Phi) is 13.1. The lowest BCUT2D eigenvalue weighted by Crippen LogP contribution is -2.20. The van der Waals surface area contributed by atoms with E-state index in [1.807, 2.05) is 0 Å². The number of rotatable bonds is 16. The number of carbonyl (C=O) groups is 2. The zero-order valence-electron chi connectivity index (χ0n) is 19.5. The van der Waals surface area contributed by atoms with Gasteiger partial charge >= 0.3 is 11.9 Å². The number of hydrogen-bond acceptors (Lipinski definition) is 3. The lowest BCUT2D eigenvalue weighted by Gasteiger charge is -2.19. The summed E-state index contributed by atoms with van der Waals surface area (Å²) in [6.45, 7) is 8.99. The number of carboxylic acids is 1. The summed E-state index contributed by atoms with van der Waals surface area (Å²) in [4.78, 5) is 24.1. The van der Waals surface area contributed by atoms with Crippen molar-refractivity contribution in [3.8, 4) is 0 Å². The summed E-state index contributed by atoms with van der Waals surface area (Å²) in [5.74, 6) is -0.145. The van der Waals surface area contributed by atoms with E-state index in [9.17, 15) is 14.7 Å². The maximum atomic E-state index is 12.7. The van der Waals surface area contributed by atoms with Crippen LogP contribution in [0, 0.1) is 11.8 Å². The van der Waals surface area contributed by atoms with Crippen molar-refractivity contribution >= 4 is 11.9 Å². The van der Waals surface area contributed by atoms with Crippen molar-refractivity contribution in [1.29, 1.82) is 0 Å². The fraction of sp³-hybridized carbons (Fsp3) is 0.692. The van der Waals surface area contributed by atoms with Crippen LogP contribution in [0.25, 0.3) is 0 Å². The molecule has 1 aromatic carbocycles. The van der Waals surface area contributed by atoms with Crippen molar-refractivity contribution in [3.05, 3.63) is 35.4 Å². The van der Waals surface area contributed by atoms with Gasteiger partial charge in [-0.1, -0.05) is 84.8 Å².